The van der Waals surface area contributed by atoms with Crippen LogP contribution in [0.5, 0.6) is 17.2 Å². The van der Waals surface area contributed by atoms with Crippen LogP contribution in [0.2, 0.25) is 10.0 Å². The van der Waals surface area contributed by atoms with E-state index in [-0.39, 0.29) is 33.5 Å². The summed E-state index contributed by atoms with van der Waals surface area (Å²) in [6, 6.07) is 21.8. The standard InChI is InChI=1S/C28H21Cl2F3N2O5S/c29-19-7-14-25(23(17-19)27(36)34-16-15-18-5-8-21(9-6-18)40-28(31,32)33)35-41(37,38)22-12-10-20(11-13-22)39-26-4-2-1-3-24(26)30/h1-14,17,35H,15-16H2,(H,34,36). The van der Waals surface area contributed by atoms with Crippen molar-refractivity contribution in [3.63, 3.8) is 0 Å². The van der Waals surface area contributed by atoms with Crippen molar-refractivity contribution in [3.8, 4) is 17.2 Å². The normalized spacial score (nSPS) is 11.5. The molecule has 41 heavy (non-hydrogen) atoms. The molecule has 4 aromatic rings. The Morgan fingerprint density at radius 1 is 0.854 bits per heavy atom. The average molecular weight is 625 g/mol. The van der Waals surface area contributed by atoms with E-state index >= 15 is 0 Å². The Morgan fingerprint density at radius 2 is 1.51 bits per heavy atom. The SMILES string of the molecule is O=C(NCCc1ccc(OC(F)(F)F)cc1)c1cc(Cl)ccc1NS(=O)(=O)c1ccc(Oc2ccccc2Cl)cc1. The molecule has 2 N–H and O–H groups in total. The Hall–Kier alpha value is -3.93. The minimum Gasteiger partial charge on any atom is -0.456 e. The van der Waals surface area contributed by atoms with Crippen molar-refractivity contribution < 1.29 is 35.9 Å². The summed E-state index contributed by atoms with van der Waals surface area (Å²) in [5, 5.41) is 3.26. The Morgan fingerprint density at radius 3 is 2.17 bits per heavy atom. The molecule has 4 aromatic carbocycles. The summed E-state index contributed by atoms with van der Waals surface area (Å²) < 4.78 is 75.1. The number of benzene rings is 4. The third-order valence-electron chi connectivity index (χ3n) is 5.53. The van der Waals surface area contributed by atoms with Crippen molar-refractivity contribution in [1.29, 1.82) is 0 Å². The summed E-state index contributed by atoms with van der Waals surface area (Å²) in [4.78, 5) is 12.8. The molecule has 0 aliphatic carbocycles. The topological polar surface area (TPSA) is 93.7 Å². The van der Waals surface area contributed by atoms with Crippen LogP contribution in [-0.2, 0) is 16.4 Å². The van der Waals surface area contributed by atoms with Crippen LogP contribution in [0.4, 0.5) is 18.9 Å². The first-order chi connectivity index (χ1) is 19.4. The Kier molecular flexibility index (Phi) is 9.31. The second kappa shape index (κ2) is 12.7. The first kappa shape index (κ1) is 30.0. The van der Waals surface area contributed by atoms with Crippen LogP contribution in [0, 0.1) is 0 Å². The summed E-state index contributed by atoms with van der Waals surface area (Å²) >= 11 is 12.2. The van der Waals surface area contributed by atoms with Crippen molar-refractivity contribution in [1.82, 2.24) is 5.32 Å². The fraction of sp³-hybridized carbons (Fsp3) is 0.107. The number of sulfonamides is 1. The molecule has 0 saturated heterocycles. The highest BCUT2D eigenvalue weighted by atomic mass is 35.5. The van der Waals surface area contributed by atoms with E-state index in [0.717, 1.165) is 0 Å². The Labute approximate surface area is 243 Å². The third kappa shape index (κ3) is 8.53. The van der Waals surface area contributed by atoms with Gasteiger partial charge < -0.3 is 14.8 Å². The van der Waals surface area contributed by atoms with Crippen molar-refractivity contribution in [2.75, 3.05) is 11.3 Å². The molecule has 0 unspecified atom stereocenters. The van der Waals surface area contributed by atoms with E-state index in [9.17, 15) is 26.4 Å². The number of carbonyl (C=O) groups is 1. The van der Waals surface area contributed by atoms with Gasteiger partial charge in [0.2, 0.25) is 0 Å². The number of amides is 1. The number of carbonyl (C=O) groups excluding carboxylic acids is 1. The van der Waals surface area contributed by atoms with Gasteiger partial charge >= 0.3 is 6.36 Å². The zero-order chi connectivity index (χ0) is 29.6. The quantitative estimate of drug-likeness (QED) is 0.191. The lowest BCUT2D eigenvalue weighted by atomic mass is 10.1. The number of halogens is 5. The van der Waals surface area contributed by atoms with Gasteiger partial charge in [-0.05, 0) is 78.7 Å². The lowest BCUT2D eigenvalue weighted by molar-refractivity contribution is -0.274. The highest BCUT2D eigenvalue weighted by Crippen LogP contribution is 2.30. The highest BCUT2D eigenvalue weighted by Gasteiger charge is 2.31. The zero-order valence-electron chi connectivity index (χ0n) is 20.9. The van der Waals surface area contributed by atoms with Crippen LogP contribution in [0.1, 0.15) is 15.9 Å². The van der Waals surface area contributed by atoms with Gasteiger partial charge in [-0.15, -0.1) is 13.2 Å². The van der Waals surface area contributed by atoms with Crippen molar-refractivity contribution in [3.05, 3.63) is 112 Å². The van der Waals surface area contributed by atoms with Crippen LogP contribution in [-0.4, -0.2) is 27.2 Å². The van der Waals surface area contributed by atoms with Gasteiger partial charge in [0.05, 0.1) is 21.2 Å². The van der Waals surface area contributed by atoms with Gasteiger partial charge in [0.15, 0.2) is 0 Å². The molecule has 4 rings (SSSR count). The predicted octanol–water partition coefficient (Wildman–Crippen LogP) is 7.46. The van der Waals surface area contributed by atoms with Crippen LogP contribution in [0.3, 0.4) is 0 Å². The summed E-state index contributed by atoms with van der Waals surface area (Å²) in [7, 11) is -4.11. The van der Waals surface area contributed by atoms with Gasteiger partial charge in [0.25, 0.3) is 15.9 Å². The number of nitrogens with one attached hydrogen (secondary N) is 2. The van der Waals surface area contributed by atoms with Crippen LogP contribution < -0.4 is 19.5 Å². The van der Waals surface area contributed by atoms with E-state index in [2.05, 4.69) is 14.8 Å². The zero-order valence-corrected chi connectivity index (χ0v) is 23.2. The molecule has 0 spiro atoms. The first-order valence-electron chi connectivity index (χ1n) is 11.9. The van der Waals surface area contributed by atoms with Crippen molar-refractivity contribution in [2.24, 2.45) is 0 Å². The molecule has 0 saturated carbocycles. The maximum absolute atomic E-state index is 13.1. The smallest absolute Gasteiger partial charge is 0.456 e. The fourth-order valence-electron chi connectivity index (χ4n) is 3.61. The second-order valence-electron chi connectivity index (χ2n) is 8.50. The molecule has 7 nitrogen and oxygen atoms in total. The molecule has 0 aliphatic heterocycles. The summed E-state index contributed by atoms with van der Waals surface area (Å²) in [6.45, 7) is 0.115. The number of alkyl halides is 3. The molecule has 0 radical (unpaired) electrons. The molecular weight excluding hydrogens is 604 g/mol. The molecule has 0 aromatic heterocycles. The molecule has 214 valence electrons. The predicted molar refractivity (Wildman–Crippen MR) is 149 cm³/mol. The minimum atomic E-state index is -4.79. The van der Waals surface area contributed by atoms with Gasteiger partial charge in [-0.3, -0.25) is 9.52 Å². The van der Waals surface area contributed by atoms with E-state index in [1.54, 1.807) is 24.3 Å². The van der Waals surface area contributed by atoms with Crippen LogP contribution in [0.25, 0.3) is 0 Å². The Balaban J connectivity index is 1.41. The van der Waals surface area contributed by atoms with Crippen LogP contribution >= 0.6 is 23.2 Å². The van der Waals surface area contributed by atoms with Gasteiger partial charge in [-0.1, -0.05) is 47.5 Å². The third-order valence-corrected chi connectivity index (χ3v) is 7.45. The number of para-hydroxylation sites is 1. The summed E-state index contributed by atoms with van der Waals surface area (Å²) in [6.07, 6.45) is -4.50. The molecule has 0 atom stereocenters. The number of hydrogen-bond acceptors (Lipinski definition) is 5. The maximum Gasteiger partial charge on any atom is 0.573 e. The molecule has 0 heterocycles. The molecule has 13 heteroatoms. The van der Waals surface area contributed by atoms with Crippen molar-refractivity contribution in [2.45, 2.75) is 17.7 Å². The van der Waals surface area contributed by atoms with E-state index in [1.165, 1.54) is 66.7 Å². The van der Waals surface area contributed by atoms with E-state index in [4.69, 9.17) is 27.9 Å². The average Bonchev–Trinajstić information content (AvgIpc) is 2.91. The van der Waals surface area contributed by atoms with Gasteiger partial charge in [0, 0.05) is 11.6 Å². The van der Waals surface area contributed by atoms with Crippen LogP contribution in [0.15, 0.2) is 95.9 Å². The van der Waals surface area contributed by atoms with E-state index in [0.29, 0.717) is 28.5 Å². The lowest BCUT2D eigenvalue weighted by Gasteiger charge is -2.14. The molecule has 0 bridgehead atoms. The van der Waals surface area contributed by atoms with Gasteiger partial charge in [-0.25, -0.2) is 8.42 Å². The molecule has 0 aliphatic rings. The Bertz CT molecular complexity index is 1630. The van der Waals surface area contributed by atoms with Gasteiger partial charge in [0.1, 0.15) is 17.2 Å². The fourth-order valence-corrected chi connectivity index (χ4v) is 5.04. The summed E-state index contributed by atoms with van der Waals surface area (Å²) in [5.74, 6) is -0.187. The molecule has 1 amide bonds. The number of hydrogen-bond donors (Lipinski definition) is 2. The number of rotatable bonds is 10. The highest BCUT2D eigenvalue weighted by molar-refractivity contribution is 7.92. The molecular formula is C28H21Cl2F3N2O5S. The number of anilines is 1. The lowest BCUT2D eigenvalue weighted by Crippen LogP contribution is -2.27. The summed E-state index contributed by atoms with van der Waals surface area (Å²) in [5.41, 5.74) is 0.624. The van der Waals surface area contributed by atoms with Crippen molar-refractivity contribution >= 4 is 44.8 Å². The first-order valence-corrected chi connectivity index (χ1v) is 14.1. The minimum absolute atomic E-state index is 0.00283. The van der Waals surface area contributed by atoms with Gasteiger partial charge in [-0.2, -0.15) is 0 Å². The number of ether oxygens (including phenoxy) is 2. The van der Waals surface area contributed by atoms with E-state index < -0.39 is 22.3 Å². The maximum atomic E-state index is 13.1. The second-order valence-corrected chi connectivity index (χ2v) is 11.0. The molecule has 0 fully saturated rings. The largest absolute Gasteiger partial charge is 0.573 e. The monoisotopic (exact) mass is 624 g/mol. The van der Waals surface area contributed by atoms with E-state index in [1.807, 2.05) is 0 Å².